The van der Waals surface area contributed by atoms with E-state index >= 15 is 0 Å². The molecule has 1 aromatic heterocycles. The highest BCUT2D eigenvalue weighted by Crippen LogP contribution is 2.39. The van der Waals surface area contributed by atoms with E-state index in [0.717, 1.165) is 48.9 Å². The lowest BCUT2D eigenvalue weighted by atomic mass is 10.2. The maximum absolute atomic E-state index is 13.7. The van der Waals surface area contributed by atoms with Gasteiger partial charge in [0.2, 0.25) is 0 Å². The van der Waals surface area contributed by atoms with Gasteiger partial charge >= 0.3 is 0 Å². The van der Waals surface area contributed by atoms with Crippen molar-refractivity contribution < 1.29 is 14.3 Å². The summed E-state index contributed by atoms with van der Waals surface area (Å²) in [6, 6.07) is 11.5. The first kappa shape index (κ1) is 25.3. The van der Waals surface area contributed by atoms with Gasteiger partial charge in [0, 0.05) is 41.9 Å². The van der Waals surface area contributed by atoms with Crippen molar-refractivity contribution in [3.63, 3.8) is 0 Å². The second kappa shape index (κ2) is 11.7. The van der Waals surface area contributed by atoms with E-state index < -0.39 is 0 Å². The number of amides is 1. The van der Waals surface area contributed by atoms with Crippen LogP contribution in [0.4, 0.5) is 5.13 Å². The van der Waals surface area contributed by atoms with E-state index in [4.69, 9.17) is 26.1 Å². The molecule has 0 aliphatic carbocycles. The van der Waals surface area contributed by atoms with Gasteiger partial charge in [0.15, 0.2) is 5.13 Å². The maximum Gasteiger partial charge on any atom is 0.260 e. The summed E-state index contributed by atoms with van der Waals surface area (Å²) in [4.78, 5) is 23.8. The quantitative estimate of drug-likeness (QED) is 0.332. The Hall–Kier alpha value is -1.84. The third-order valence-electron chi connectivity index (χ3n) is 5.58. The van der Waals surface area contributed by atoms with Crippen LogP contribution < -0.4 is 9.64 Å². The monoisotopic (exact) mass is 519 g/mol. The van der Waals surface area contributed by atoms with Crippen LogP contribution in [0.1, 0.15) is 30.6 Å². The number of thioether (sulfide) groups is 1. The first-order chi connectivity index (χ1) is 16.5. The number of anilines is 1. The zero-order valence-electron chi connectivity index (χ0n) is 19.8. The second-order valence-electron chi connectivity index (χ2n) is 8.38. The minimum absolute atomic E-state index is 0.0581. The number of rotatable bonds is 9. The van der Waals surface area contributed by atoms with Gasteiger partial charge in [0.25, 0.3) is 5.91 Å². The maximum atomic E-state index is 13.7. The van der Waals surface area contributed by atoms with Crippen molar-refractivity contribution in [3.05, 3.63) is 47.0 Å². The Morgan fingerprint density at radius 2 is 1.97 bits per heavy atom. The summed E-state index contributed by atoms with van der Waals surface area (Å²) in [6.45, 7) is 9.18. The van der Waals surface area contributed by atoms with E-state index in [9.17, 15) is 4.79 Å². The number of morpholine rings is 1. The number of nitrogens with zero attached hydrogens (tertiary/aromatic N) is 3. The zero-order valence-corrected chi connectivity index (χ0v) is 22.1. The highest BCUT2D eigenvalue weighted by atomic mass is 35.5. The van der Waals surface area contributed by atoms with Crippen LogP contribution in [0.2, 0.25) is 5.02 Å². The summed E-state index contributed by atoms with van der Waals surface area (Å²) in [5.74, 6) is 0.592. The van der Waals surface area contributed by atoms with Crippen molar-refractivity contribution in [2.75, 3.05) is 51.4 Å². The largest absolute Gasteiger partial charge is 0.494 e. The molecule has 1 saturated heterocycles. The Bertz CT molecular complexity index is 1110. The highest BCUT2D eigenvalue weighted by Gasteiger charge is 2.23. The summed E-state index contributed by atoms with van der Waals surface area (Å²) >= 11 is 9.66. The minimum atomic E-state index is -0.0581. The van der Waals surface area contributed by atoms with Gasteiger partial charge in [0.1, 0.15) is 11.3 Å². The molecule has 9 heteroatoms. The van der Waals surface area contributed by atoms with Crippen LogP contribution in [0.3, 0.4) is 0 Å². The van der Waals surface area contributed by atoms with Crippen molar-refractivity contribution in [3.8, 4) is 5.75 Å². The van der Waals surface area contributed by atoms with Gasteiger partial charge < -0.3 is 9.47 Å². The minimum Gasteiger partial charge on any atom is -0.494 e. The molecule has 4 rings (SSSR count). The van der Waals surface area contributed by atoms with Crippen LogP contribution in [0.25, 0.3) is 10.2 Å². The Balaban J connectivity index is 1.60. The average Bonchev–Trinajstić information content (AvgIpc) is 3.29. The first-order valence-corrected chi connectivity index (χ1v) is 13.6. The van der Waals surface area contributed by atoms with Gasteiger partial charge in [0.05, 0.1) is 30.0 Å². The van der Waals surface area contributed by atoms with Crippen molar-refractivity contribution in [2.24, 2.45) is 0 Å². The van der Waals surface area contributed by atoms with Crippen LogP contribution in [0.5, 0.6) is 5.75 Å². The molecular formula is C25H30ClN3O3S2. The molecule has 1 amide bonds. The van der Waals surface area contributed by atoms with E-state index in [1.54, 1.807) is 29.8 Å². The molecule has 1 aliphatic heterocycles. The van der Waals surface area contributed by atoms with Gasteiger partial charge in [-0.3, -0.25) is 14.6 Å². The number of fused-ring (bicyclic) bond motifs is 1. The molecule has 3 aromatic rings. The third-order valence-corrected chi connectivity index (χ3v) is 8.13. The molecule has 0 radical (unpaired) electrons. The van der Waals surface area contributed by atoms with Crippen LogP contribution >= 0.6 is 34.7 Å². The number of halogens is 1. The Morgan fingerprint density at radius 1 is 1.24 bits per heavy atom. The number of carbonyl (C=O) groups excluding carboxylic acids is 1. The standard InChI is InChI=1S/C25H30ClN3O3S2/c1-17(2)33-19-7-5-18(6-8-19)24(30)29(12-4-11-28-13-15-32-16-14-28)25-27-22-21(31-3)10-9-20(26)23(22)34-25/h5-10,17H,4,11-16H2,1-3H3. The topological polar surface area (TPSA) is 54.9 Å². The lowest BCUT2D eigenvalue weighted by Gasteiger charge is -2.27. The Labute approximate surface area is 214 Å². The van der Waals surface area contributed by atoms with E-state index in [2.05, 4.69) is 18.7 Å². The molecular weight excluding hydrogens is 490 g/mol. The number of hydrogen-bond acceptors (Lipinski definition) is 7. The molecule has 0 N–H and O–H groups in total. The molecule has 182 valence electrons. The Morgan fingerprint density at radius 3 is 2.65 bits per heavy atom. The van der Waals surface area contributed by atoms with E-state index in [1.165, 1.54) is 11.3 Å². The van der Waals surface area contributed by atoms with Gasteiger partial charge in [-0.15, -0.1) is 11.8 Å². The molecule has 0 unspecified atom stereocenters. The molecule has 1 fully saturated rings. The number of ether oxygens (including phenoxy) is 2. The van der Waals surface area contributed by atoms with Crippen molar-refractivity contribution in [2.45, 2.75) is 30.4 Å². The van der Waals surface area contributed by atoms with Crippen molar-refractivity contribution in [1.82, 2.24) is 9.88 Å². The number of aromatic nitrogens is 1. The van der Waals surface area contributed by atoms with Gasteiger partial charge in [-0.25, -0.2) is 4.98 Å². The van der Waals surface area contributed by atoms with Crippen LogP contribution in [-0.2, 0) is 4.74 Å². The van der Waals surface area contributed by atoms with E-state index in [1.807, 2.05) is 30.3 Å². The lowest BCUT2D eigenvalue weighted by molar-refractivity contribution is 0.0376. The van der Waals surface area contributed by atoms with Crippen molar-refractivity contribution in [1.29, 1.82) is 0 Å². The molecule has 2 heterocycles. The third kappa shape index (κ3) is 6.04. The first-order valence-electron chi connectivity index (χ1n) is 11.5. The van der Waals surface area contributed by atoms with E-state index in [-0.39, 0.29) is 5.91 Å². The number of hydrogen-bond donors (Lipinski definition) is 0. The predicted octanol–water partition coefficient (Wildman–Crippen LogP) is 5.83. The molecule has 2 aromatic carbocycles. The SMILES string of the molecule is COc1ccc(Cl)c2sc(N(CCCN3CCOCC3)C(=O)c3ccc(SC(C)C)cc3)nc12. The van der Waals surface area contributed by atoms with Crippen LogP contribution in [0, 0.1) is 0 Å². The summed E-state index contributed by atoms with van der Waals surface area (Å²) < 4.78 is 11.8. The highest BCUT2D eigenvalue weighted by molar-refractivity contribution is 7.99. The molecule has 1 aliphatic rings. The van der Waals surface area contributed by atoms with Crippen LogP contribution in [-0.4, -0.2) is 67.5 Å². The molecule has 34 heavy (non-hydrogen) atoms. The molecule has 0 bridgehead atoms. The van der Waals surface area contributed by atoms with Crippen molar-refractivity contribution >= 4 is 56.0 Å². The second-order valence-corrected chi connectivity index (χ2v) is 11.4. The summed E-state index contributed by atoms with van der Waals surface area (Å²) in [7, 11) is 1.61. The predicted molar refractivity (Wildman–Crippen MR) is 142 cm³/mol. The molecule has 0 spiro atoms. The Kier molecular flexibility index (Phi) is 8.71. The van der Waals surface area contributed by atoms with Crippen LogP contribution in [0.15, 0.2) is 41.3 Å². The smallest absolute Gasteiger partial charge is 0.260 e. The molecule has 0 saturated carbocycles. The molecule has 6 nitrogen and oxygen atoms in total. The number of thiazole rings is 1. The average molecular weight is 520 g/mol. The van der Waals surface area contributed by atoms with Gasteiger partial charge in [-0.05, 0) is 42.8 Å². The van der Waals surface area contributed by atoms with Gasteiger partial charge in [-0.1, -0.05) is 36.8 Å². The fraction of sp³-hybridized carbons (Fsp3) is 0.440. The fourth-order valence-corrected chi connectivity index (χ4v) is 6.00. The molecule has 0 atom stereocenters. The fourth-order valence-electron chi connectivity index (χ4n) is 3.89. The lowest BCUT2D eigenvalue weighted by Crippen LogP contribution is -2.39. The van der Waals surface area contributed by atoms with E-state index in [0.29, 0.717) is 38.8 Å². The number of methoxy groups -OCH3 is 1. The number of benzene rings is 2. The summed E-state index contributed by atoms with van der Waals surface area (Å²) in [5, 5.41) is 1.73. The summed E-state index contributed by atoms with van der Waals surface area (Å²) in [5.41, 5.74) is 1.33. The number of carbonyl (C=O) groups is 1. The zero-order chi connectivity index (χ0) is 24.1. The summed E-state index contributed by atoms with van der Waals surface area (Å²) in [6.07, 6.45) is 0.841. The van der Waals surface area contributed by atoms with Gasteiger partial charge in [-0.2, -0.15) is 0 Å². The normalized spacial score (nSPS) is 14.6.